The summed E-state index contributed by atoms with van der Waals surface area (Å²) in [5, 5.41) is 0. The van der Waals surface area contributed by atoms with E-state index in [1.165, 1.54) is 25.9 Å². The molecule has 1 unspecified atom stereocenters. The van der Waals surface area contributed by atoms with Gasteiger partial charge in [-0.15, -0.1) is 11.6 Å². The van der Waals surface area contributed by atoms with E-state index in [0.29, 0.717) is 6.04 Å². The lowest BCUT2D eigenvalue weighted by molar-refractivity contribution is 0.0764. The van der Waals surface area contributed by atoms with Crippen LogP contribution in [0.25, 0.3) is 0 Å². The van der Waals surface area contributed by atoms with Crippen molar-refractivity contribution in [2.75, 3.05) is 32.7 Å². The number of alkyl halides is 1. The minimum Gasteiger partial charge on any atom is -0.383 e. The van der Waals surface area contributed by atoms with Crippen LogP contribution in [0.1, 0.15) is 19.8 Å². The Bertz CT molecular complexity index is 135. The second-order valence-corrected chi connectivity index (χ2v) is 4.25. The first-order valence-electron chi connectivity index (χ1n) is 5.07. The number of likely N-dealkylation sites (tertiary alicyclic amines) is 1. The molecule has 0 aromatic rings. The Morgan fingerprint density at radius 1 is 1.46 bits per heavy atom. The lowest BCUT2D eigenvalue weighted by atomic mass is 9.98. The summed E-state index contributed by atoms with van der Waals surface area (Å²) in [5.41, 5.74) is 0. The molecule has 0 aromatic heterocycles. The largest absolute Gasteiger partial charge is 0.383 e. The van der Waals surface area contributed by atoms with E-state index in [-0.39, 0.29) is 0 Å². The van der Waals surface area contributed by atoms with Crippen LogP contribution < -0.4 is 0 Å². The fourth-order valence-corrected chi connectivity index (χ4v) is 2.20. The molecule has 0 amide bonds. The van der Waals surface area contributed by atoms with Crippen molar-refractivity contribution >= 4 is 11.6 Å². The summed E-state index contributed by atoms with van der Waals surface area (Å²) in [5.74, 6) is 1.57. The maximum atomic E-state index is 5.83. The molecule has 1 saturated heterocycles. The topological polar surface area (TPSA) is 12.5 Å². The van der Waals surface area contributed by atoms with Crippen molar-refractivity contribution in [1.82, 2.24) is 4.90 Å². The zero-order valence-corrected chi connectivity index (χ0v) is 9.39. The smallest absolute Gasteiger partial charge is 0.0615 e. The van der Waals surface area contributed by atoms with Crippen LogP contribution >= 0.6 is 11.6 Å². The van der Waals surface area contributed by atoms with Crippen molar-refractivity contribution in [1.29, 1.82) is 0 Å². The van der Waals surface area contributed by atoms with Crippen LogP contribution in [0, 0.1) is 5.92 Å². The van der Waals surface area contributed by atoms with Crippen molar-refractivity contribution in [3.05, 3.63) is 0 Å². The highest BCUT2D eigenvalue weighted by atomic mass is 35.5. The first kappa shape index (κ1) is 11.3. The summed E-state index contributed by atoms with van der Waals surface area (Å²) in [6, 6.07) is 0.557. The summed E-state index contributed by atoms with van der Waals surface area (Å²) in [7, 11) is 1.77. The minimum atomic E-state index is 0.557. The lowest BCUT2D eigenvalue weighted by Gasteiger charge is -2.35. The predicted octanol–water partition coefficient (Wildman–Crippen LogP) is 1.97. The van der Waals surface area contributed by atoms with Gasteiger partial charge in [0.05, 0.1) is 6.61 Å². The number of methoxy groups -OCH3 is 1. The molecule has 0 saturated carbocycles. The molecule has 3 heteroatoms. The van der Waals surface area contributed by atoms with Crippen LogP contribution in [-0.4, -0.2) is 43.6 Å². The van der Waals surface area contributed by atoms with Crippen LogP contribution in [0.4, 0.5) is 0 Å². The SMILES string of the molecule is COCC(C)N1CCC(CCl)CC1. The first-order valence-corrected chi connectivity index (χ1v) is 5.60. The van der Waals surface area contributed by atoms with Gasteiger partial charge < -0.3 is 4.74 Å². The molecule has 0 aliphatic carbocycles. The van der Waals surface area contributed by atoms with Crippen molar-refractivity contribution in [2.45, 2.75) is 25.8 Å². The monoisotopic (exact) mass is 205 g/mol. The average molecular weight is 206 g/mol. The summed E-state index contributed by atoms with van der Waals surface area (Å²) in [6.07, 6.45) is 2.50. The van der Waals surface area contributed by atoms with Crippen LogP contribution in [0.5, 0.6) is 0 Å². The van der Waals surface area contributed by atoms with Crippen molar-refractivity contribution in [3.8, 4) is 0 Å². The number of hydrogen-bond donors (Lipinski definition) is 0. The highest BCUT2D eigenvalue weighted by Crippen LogP contribution is 2.19. The van der Waals surface area contributed by atoms with Gasteiger partial charge in [-0.2, -0.15) is 0 Å². The van der Waals surface area contributed by atoms with E-state index in [2.05, 4.69) is 11.8 Å². The van der Waals surface area contributed by atoms with E-state index in [4.69, 9.17) is 16.3 Å². The van der Waals surface area contributed by atoms with E-state index in [1.807, 2.05) is 0 Å². The standard InChI is InChI=1S/C10H20ClNO/c1-9(8-13-2)12-5-3-10(7-11)4-6-12/h9-10H,3-8H2,1-2H3. The molecule has 0 N–H and O–H groups in total. The first-order chi connectivity index (χ1) is 6.27. The van der Waals surface area contributed by atoms with E-state index in [1.54, 1.807) is 7.11 Å². The van der Waals surface area contributed by atoms with Crippen molar-refractivity contribution in [2.24, 2.45) is 5.92 Å². The summed E-state index contributed by atoms with van der Waals surface area (Å²) in [6.45, 7) is 5.43. The van der Waals surface area contributed by atoms with Gasteiger partial charge >= 0.3 is 0 Å². The third-order valence-corrected chi connectivity index (χ3v) is 3.33. The molecule has 0 bridgehead atoms. The van der Waals surface area contributed by atoms with E-state index >= 15 is 0 Å². The normalized spacial score (nSPS) is 23.3. The van der Waals surface area contributed by atoms with Crippen molar-refractivity contribution in [3.63, 3.8) is 0 Å². The zero-order chi connectivity index (χ0) is 9.68. The molecule has 1 heterocycles. The molecule has 1 aliphatic rings. The molecule has 0 spiro atoms. The summed E-state index contributed by atoms with van der Waals surface area (Å²) >= 11 is 5.83. The molecule has 1 rings (SSSR count). The Hall–Kier alpha value is 0.210. The molecule has 0 aromatic carbocycles. The Morgan fingerprint density at radius 2 is 2.08 bits per heavy atom. The zero-order valence-electron chi connectivity index (χ0n) is 8.63. The highest BCUT2D eigenvalue weighted by Gasteiger charge is 2.21. The van der Waals surface area contributed by atoms with Gasteiger partial charge in [-0.05, 0) is 38.8 Å². The number of ether oxygens (including phenoxy) is 1. The van der Waals surface area contributed by atoms with Crippen LogP contribution in [0.2, 0.25) is 0 Å². The fraction of sp³-hybridized carbons (Fsp3) is 1.00. The Balaban J connectivity index is 2.23. The van der Waals surface area contributed by atoms with Gasteiger partial charge in [-0.25, -0.2) is 0 Å². The number of rotatable bonds is 4. The predicted molar refractivity (Wildman–Crippen MR) is 56.4 cm³/mol. The Labute approximate surface area is 86.2 Å². The van der Waals surface area contributed by atoms with Crippen LogP contribution in [0.15, 0.2) is 0 Å². The Kier molecular flexibility index (Phi) is 5.07. The van der Waals surface area contributed by atoms with Gasteiger partial charge in [-0.1, -0.05) is 0 Å². The van der Waals surface area contributed by atoms with Gasteiger partial charge in [0.15, 0.2) is 0 Å². The fourth-order valence-electron chi connectivity index (χ4n) is 1.89. The maximum Gasteiger partial charge on any atom is 0.0615 e. The van der Waals surface area contributed by atoms with Gasteiger partial charge in [0.1, 0.15) is 0 Å². The molecule has 78 valence electrons. The average Bonchev–Trinajstić information content (AvgIpc) is 2.18. The third-order valence-electron chi connectivity index (χ3n) is 2.90. The molecule has 1 fully saturated rings. The van der Waals surface area contributed by atoms with Crippen LogP contribution in [-0.2, 0) is 4.74 Å². The second-order valence-electron chi connectivity index (χ2n) is 3.94. The van der Waals surface area contributed by atoms with Gasteiger partial charge in [0, 0.05) is 19.0 Å². The molecular weight excluding hydrogens is 186 g/mol. The number of piperidine rings is 1. The number of hydrogen-bond acceptors (Lipinski definition) is 2. The summed E-state index contributed by atoms with van der Waals surface area (Å²) in [4.78, 5) is 2.49. The second kappa shape index (κ2) is 5.84. The molecule has 13 heavy (non-hydrogen) atoms. The number of nitrogens with zero attached hydrogens (tertiary/aromatic N) is 1. The minimum absolute atomic E-state index is 0.557. The number of halogens is 1. The molecule has 1 atom stereocenters. The van der Waals surface area contributed by atoms with E-state index in [9.17, 15) is 0 Å². The van der Waals surface area contributed by atoms with Crippen LogP contribution in [0.3, 0.4) is 0 Å². The summed E-state index contributed by atoms with van der Waals surface area (Å²) < 4.78 is 5.14. The highest BCUT2D eigenvalue weighted by molar-refractivity contribution is 6.18. The molecule has 0 radical (unpaired) electrons. The Morgan fingerprint density at radius 3 is 2.54 bits per heavy atom. The van der Waals surface area contributed by atoms with E-state index in [0.717, 1.165) is 18.4 Å². The van der Waals surface area contributed by atoms with Gasteiger partial charge in [0.25, 0.3) is 0 Å². The lowest BCUT2D eigenvalue weighted by Crippen LogP contribution is -2.42. The maximum absolute atomic E-state index is 5.83. The molecule has 2 nitrogen and oxygen atoms in total. The van der Waals surface area contributed by atoms with Gasteiger partial charge in [0.2, 0.25) is 0 Å². The molecular formula is C10H20ClNO. The van der Waals surface area contributed by atoms with Gasteiger partial charge in [-0.3, -0.25) is 4.90 Å². The van der Waals surface area contributed by atoms with Crippen molar-refractivity contribution < 1.29 is 4.74 Å². The van der Waals surface area contributed by atoms with E-state index < -0.39 is 0 Å². The third kappa shape index (κ3) is 3.45. The quantitative estimate of drug-likeness (QED) is 0.651. The molecule has 1 aliphatic heterocycles.